The number of hydrogen-bond acceptors (Lipinski definition) is 5. The van der Waals surface area contributed by atoms with Gasteiger partial charge in [0.2, 0.25) is 5.89 Å². The van der Waals surface area contributed by atoms with E-state index in [1.54, 1.807) is 14.0 Å². The van der Waals surface area contributed by atoms with Gasteiger partial charge in [-0.05, 0) is 19.9 Å². The Labute approximate surface area is 119 Å². The Kier molecular flexibility index (Phi) is 4.74. The van der Waals surface area contributed by atoms with Crippen molar-refractivity contribution in [1.82, 2.24) is 15.5 Å². The van der Waals surface area contributed by atoms with Crippen molar-refractivity contribution in [2.75, 3.05) is 13.7 Å². The van der Waals surface area contributed by atoms with Gasteiger partial charge in [-0.2, -0.15) is 4.98 Å². The zero-order chi connectivity index (χ0) is 14.5. The predicted molar refractivity (Wildman–Crippen MR) is 76.9 cm³/mol. The Balaban J connectivity index is 1.94. The first-order chi connectivity index (χ1) is 9.60. The van der Waals surface area contributed by atoms with Gasteiger partial charge in [0.25, 0.3) is 0 Å². The number of aryl methyl sites for hydroxylation is 2. The van der Waals surface area contributed by atoms with Crippen LogP contribution in [0.2, 0.25) is 0 Å². The van der Waals surface area contributed by atoms with Crippen molar-refractivity contribution in [3.8, 4) is 5.75 Å². The van der Waals surface area contributed by atoms with Gasteiger partial charge >= 0.3 is 0 Å². The molecule has 2 rings (SSSR count). The Morgan fingerprint density at radius 2 is 2.15 bits per heavy atom. The van der Waals surface area contributed by atoms with Gasteiger partial charge in [-0.3, -0.25) is 0 Å². The van der Waals surface area contributed by atoms with Crippen molar-refractivity contribution >= 4 is 0 Å². The molecular formula is C15H21N3O2. The van der Waals surface area contributed by atoms with E-state index in [4.69, 9.17) is 9.26 Å². The highest BCUT2D eigenvalue weighted by molar-refractivity contribution is 5.38. The van der Waals surface area contributed by atoms with Crippen molar-refractivity contribution in [2.24, 2.45) is 0 Å². The highest BCUT2D eigenvalue weighted by Gasteiger charge is 2.11. The molecule has 0 saturated heterocycles. The summed E-state index contributed by atoms with van der Waals surface area (Å²) < 4.78 is 10.4. The molecule has 0 amide bonds. The standard InChI is InChI=1S/C15H21N3O2/c1-10-5-6-14(19-4)13(9-10)11(2)16-8-7-15-17-12(3)20-18-15/h5-6,9,11,16H,7-8H2,1-4H3. The molecule has 1 aromatic carbocycles. The fourth-order valence-corrected chi connectivity index (χ4v) is 2.15. The van der Waals surface area contributed by atoms with E-state index in [0.29, 0.717) is 5.89 Å². The smallest absolute Gasteiger partial charge is 0.223 e. The fraction of sp³-hybridized carbons (Fsp3) is 0.467. The zero-order valence-electron chi connectivity index (χ0n) is 12.4. The van der Waals surface area contributed by atoms with E-state index in [0.717, 1.165) is 30.1 Å². The summed E-state index contributed by atoms with van der Waals surface area (Å²) >= 11 is 0. The molecule has 0 saturated carbocycles. The molecule has 1 atom stereocenters. The lowest BCUT2D eigenvalue weighted by atomic mass is 10.0. The molecule has 0 bridgehead atoms. The molecular weight excluding hydrogens is 254 g/mol. The van der Waals surface area contributed by atoms with Gasteiger partial charge in [-0.15, -0.1) is 0 Å². The second kappa shape index (κ2) is 6.52. The van der Waals surface area contributed by atoms with Gasteiger partial charge in [0.1, 0.15) is 5.75 Å². The molecule has 1 unspecified atom stereocenters. The van der Waals surface area contributed by atoms with Crippen molar-refractivity contribution in [3.63, 3.8) is 0 Å². The average molecular weight is 275 g/mol. The summed E-state index contributed by atoms with van der Waals surface area (Å²) in [6, 6.07) is 6.41. The van der Waals surface area contributed by atoms with E-state index in [1.807, 2.05) is 6.07 Å². The van der Waals surface area contributed by atoms with Crippen LogP contribution < -0.4 is 10.1 Å². The van der Waals surface area contributed by atoms with Crippen molar-refractivity contribution in [3.05, 3.63) is 41.0 Å². The lowest BCUT2D eigenvalue weighted by molar-refractivity contribution is 0.385. The first-order valence-corrected chi connectivity index (χ1v) is 6.77. The molecule has 0 fully saturated rings. The Morgan fingerprint density at radius 1 is 1.35 bits per heavy atom. The molecule has 0 radical (unpaired) electrons. The van der Waals surface area contributed by atoms with E-state index >= 15 is 0 Å². The maximum atomic E-state index is 5.41. The molecule has 0 spiro atoms. The molecule has 2 aromatic rings. The van der Waals surface area contributed by atoms with Crippen LogP contribution in [0.15, 0.2) is 22.7 Å². The highest BCUT2D eigenvalue weighted by atomic mass is 16.5. The van der Waals surface area contributed by atoms with E-state index in [2.05, 4.69) is 41.4 Å². The third-order valence-corrected chi connectivity index (χ3v) is 3.22. The number of hydrogen-bond donors (Lipinski definition) is 1. The van der Waals surface area contributed by atoms with Crippen LogP contribution in [0.1, 0.15) is 35.8 Å². The molecule has 0 aliphatic carbocycles. The van der Waals surface area contributed by atoms with Crippen LogP contribution in [0, 0.1) is 13.8 Å². The first-order valence-electron chi connectivity index (χ1n) is 6.77. The molecule has 0 aliphatic heterocycles. The number of methoxy groups -OCH3 is 1. The summed E-state index contributed by atoms with van der Waals surface area (Å²) in [5.74, 6) is 2.25. The summed E-state index contributed by atoms with van der Waals surface area (Å²) in [7, 11) is 1.70. The van der Waals surface area contributed by atoms with Crippen molar-refractivity contribution < 1.29 is 9.26 Å². The maximum Gasteiger partial charge on any atom is 0.223 e. The Bertz CT molecular complexity index is 566. The highest BCUT2D eigenvalue weighted by Crippen LogP contribution is 2.25. The molecule has 1 aromatic heterocycles. The minimum absolute atomic E-state index is 0.206. The number of rotatable bonds is 6. The molecule has 1 heterocycles. The van der Waals surface area contributed by atoms with Crippen LogP contribution in [-0.4, -0.2) is 23.8 Å². The lowest BCUT2D eigenvalue weighted by Gasteiger charge is -2.17. The van der Waals surface area contributed by atoms with Crippen molar-refractivity contribution in [1.29, 1.82) is 0 Å². The summed E-state index contributed by atoms with van der Waals surface area (Å²) in [6.07, 6.45) is 0.746. The van der Waals surface area contributed by atoms with E-state index in [9.17, 15) is 0 Å². The van der Waals surface area contributed by atoms with Gasteiger partial charge in [0, 0.05) is 31.5 Å². The second-order valence-electron chi connectivity index (χ2n) is 4.90. The SMILES string of the molecule is COc1ccc(C)cc1C(C)NCCc1noc(C)n1. The average Bonchev–Trinajstić information content (AvgIpc) is 2.84. The summed E-state index contributed by atoms with van der Waals surface area (Å²) in [5, 5.41) is 7.34. The molecule has 108 valence electrons. The summed E-state index contributed by atoms with van der Waals surface area (Å²) in [6.45, 7) is 6.79. The van der Waals surface area contributed by atoms with Gasteiger partial charge in [0.05, 0.1) is 7.11 Å². The molecule has 20 heavy (non-hydrogen) atoms. The van der Waals surface area contributed by atoms with Crippen LogP contribution in [0.5, 0.6) is 5.75 Å². The number of benzene rings is 1. The van der Waals surface area contributed by atoms with Crippen LogP contribution >= 0.6 is 0 Å². The van der Waals surface area contributed by atoms with Gasteiger partial charge < -0.3 is 14.6 Å². The van der Waals surface area contributed by atoms with E-state index in [-0.39, 0.29) is 6.04 Å². The van der Waals surface area contributed by atoms with Gasteiger partial charge in [0.15, 0.2) is 5.82 Å². The minimum Gasteiger partial charge on any atom is -0.496 e. The number of aromatic nitrogens is 2. The normalized spacial score (nSPS) is 12.4. The van der Waals surface area contributed by atoms with E-state index in [1.165, 1.54) is 5.56 Å². The quantitative estimate of drug-likeness (QED) is 0.878. The number of ether oxygens (including phenoxy) is 1. The van der Waals surface area contributed by atoms with Crippen LogP contribution in [0.3, 0.4) is 0 Å². The van der Waals surface area contributed by atoms with Crippen molar-refractivity contribution in [2.45, 2.75) is 33.2 Å². The Morgan fingerprint density at radius 3 is 2.80 bits per heavy atom. The summed E-state index contributed by atoms with van der Waals surface area (Å²) in [5.41, 5.74) is 2.39. The number of nitrogens with one attached hydrogen (secondary N) is 1. The molecule has 1 N–H and O–H groups in total. The third kappa shape index (κ3) is 3.57. The monoisotopic (exact) mass is 275 g/mol. The minimum atomic E-state index is 0.206. The fourth-order valence-electron chi connectivity index (χ4n) is 2.15. The van der Waals surface area contributed by atoms with Crippen LogP contribution in [-0.2, 0) is 6.42 Å². The second-order valence-corrected chi connectivity index (χ2v) is 4.90. The molecule has 5 nitrogen and oxygen atoms in total. The maximum absolute atomic E-state index is 5.41. The largest absolute Gasteiger partial charge is 0.496 e. The lowest BCUT2D eigenvalue weighted by Crippen LogP contribution is -2.22. The molecule has 5 heteroatoms. The first kappa shape index (κ1) is 14.5. The Hall–Kier alpha value is -1.88. The van der Waals surface area contributed by atoms with Crippen LogP contribution in [0.4, 0.5) is 0 Å². The van der Waals surface area contributed by atoms with E-state index < -0.39 is 0 Å². The predicted octanol–water partition coefficient (Wildman–Crippen LogP) is 2.59. The van der Waals surface area contributed by atoms with Gasteiger partial charge in [-0.1, -0.05) is 22.9 Å². The topological polar surface area (TPSA) is 60.2 Å². The summed E-state index contributed by atoms with van der Waals surface area (Å²) in [4.78, 5) is 4.19. The third-order valence-electron chi connectivity index (χ3n) is 3.22. The molecule has 0 aliphatic rings. The van der Waals surface area contributed by atoms with Crippen LogP contribution in [0.25, 0.3) is 0 Å². The zero-order valence-corrected chi connectivity index (χ0v) is 12.4. The number of nitrogens with zero attached hydrogens (tertiary/aromatic N) is 2. The van der Waals surface area contributed by atoms with Gasteiger partial charge in [-0.25, -0.2) is 0 Å².